The Morgan fingerprint density at radius 1 is 1.03 bits per heavy atom. The lowest BCUT2D eigenvalue weighted by Crippen LogP contribution is -2.44. The zero-order valence-electron chi connectivity index (χ0n) is 19.6. The maximum atomic E-state index is 12.9. The molecule has 0 saturated carbocycles. The van der Waals surface area contributed by atoms with E-state index in [0.29, 0.717) is 32.5 Å². The van der Waals surface area contributed by atoms with Gasteiger partial charge in [0.05, 0.1) is 6.04 Å². The highest BCUT2D eigenvalue weighted by molar-refractivity contribution is 7.92. The molecule has 0 bridgehead atoms. The maximum absolute atomic E-state index is 12.9. The first-order valence-electron chi connectivity index (χ1n) is 11.7. The number of hydrogen-bond donors (Lipinski definition) is 1. The fraction of sp³-hybridized carbons (Fsp3) is 0.423. The summed E-state index contributed by atoms with van der Waals surface area (Å²) in [4.78, 5) is 15.2. The summed E-state index contributed by atoms with van der Waals surface area (Å²) >= 11 is 0. The number of hydrogen-bond acceptors (Lipinski definition) is 4. The Hall–Kier alpha value is -2.48. The zero-order valence-corrected chi connectivity index (χ0v) is 20.4. The minimum atomic E-state index is -3.50. The predicted molar refractivity (Wildman–Crippen MR) is 134 cm³/mol. The van der Waals surface area contributed by atoms with Crippen molar-refractivity contribution in [3.63, 3.8) is 0 Å². The van der Waals surface area contributed by atoms with Gasteiger partial charge in [-0.2, -0.15) is 4.31 Å². The Kier molecular flexibility index (Phi) is 9.23. The Bertz CT molecular complexity index is 998. The van der Waals surface area contributed by atoms with Crippen LogP contribution in [0, 0.1) is 5.92 Å². The van der Waals surface area contributed by atoms with E-state index in [4.69, 9.17) is 0 Å². The number of piperidine rings is 1. The minimum Gasteiger partial charge on any atom is -0.354 e. The van der Waals surface area contributed by atoms with Gasteiger partial charge in [0.25, 0.3) is 0 Å². The summed E-state index contributed by atoms with van der Waals surface area (Å²) in [6.45, 7) is 7.32. The summed E-state index contributed by atoms with van der Waals surface area (Å²) in [5.41, 5.74) is 2.03. The lowest BCUT2D eigenvalue weighted by molar-refractivity contribution is -0.126. The third kappa shape index (κ3) is 7.00. The van der Waals surface area contributed by atoms with Crippen LogP contribution in [-0.2, 0) is 14.8 Å². The number of carbonyl (C=O) groups excluding carboxylic acids is 1. The summed E-state index contributed by atoms with van der Waals surface area (Å²) < 4.78 is 26.8. The molecule has 2 aromatic rings. The molecule has 178 valence electrons. The average Bonchev–Trinajstić information content (AvgIpc) is 2.86. The van der Waals surface area contributed by atoms with Crippen molar-refractivity contribution in [2.75, 3.05) is 32.7 Å². The molecule has 1 heterocycles. The molecule has 7 heteroatoms. The molecule has 2 aromatic carbocycles. The minimum absolute atomic E-state index is 0.0139. The van der Waals surface area contributed by atoms with E-state index in [2.05, 4.69) is 36.2 Å². The van der Waals surface area contributed by atoms with E-state index < -0.39 is 10.0 Å². The van der Waals surface area contributed by atoms with Crippen molar-refractivity contribution >= 4 is 22.0 Å². The van der Waals surface area contributed by atoms with E-state index in [-0.39, 0.29) is 17.9 Å². The summed E-state index contributed by atoms with van der Waals surface area (Å²) in [7, 11) is -3.50. The lowest BCUT2D eigenvalue weighted by atomic mass is 9.97. The molecule has 1 amide bonds. The van der Waals surface area contributed by atoms with E-state index in [1.807, 2.05) is 48.5 Å². The molecule has 33 heavy (non-hydrogen) atoms. The van der Waals surface area contributed by atoms with E-state index in [0.717, 1.165) is 18.7 Å². The van der Waals surface area contributed by atoms with Gasteiger partial charge < -0.3 is 5.32 Å². The Morgan fingerprint density at radius 2 is 1.61 bits per heavy atom. The van der Waals surface area contributed by atoms with E-state index in [9.17, 15) is 13.2 Å². The molecule has 0 radical (unpaired) electrons. The second-order valence-electron chi connectivity index (χ2n) is 8.32. The number of sulfonamides is 1. The highest BCUT2D eigenvalue weighted by Crippen LogP contribution is 2.23. The number of carbonyl (C=O) groups is 1. The summed E-state index contributed by atoms with van der Waals surface area (Å²) in [6.07, 6.45) is 2.68. The van der Waals surface area contributed by atoms with Crippen LogP contribution in [0.5, 0.6) is 0 Å². The number of amides is 1. The summed E-state index contributed by atoms with van der Waals surface area (Å²) in [6, 6.07) is 19.7. The zero-order chi connectivity index (χ0) is 23.7. The van der Waals surface area contributed by atoms with Crippen LogP contribution in [0.2, 0.25) is 0 Å². The monoisotopic (exact) mass is 469 g/mol. The molecular formula is C26H35N3O3S. The van der Waals surface area contributed by atoms with Crippen LogP contribution >= 0.6 is 0 Å². The number of benzene rings is 2. The van der Waals surface area contributed by atoms with E-state index in [1.54, 1.807) is 6.08 Å². The Morgan fingerprint density at radius 3 is 2.18 bits per heavy atom. The van der Waals surface area contributed by atoms with Crippen molar-refractivity contribution < 1.29 is 13.2 Å². The van der Waals surface area contributed by atoms with Crippen molar-refractivity contribution in [2.45, 2.75) is 32.7 Å². The highest BCUT2D eigenvalue weighted by Gasteiger charge is 2.30. The van der Waals surface area contributed by atoms with E-state index in [1.165, 1.54) is 15.3 Å². The molecule has 6 nitrogen and oxygen atoms in total. The molecule has 1 aliphatic heterocycles. The van der Waals surface area contributed by atoms with Crippen molar-refractivity contribution in [3.8, 4) is 0 Å². The summed E-state index contributed by atoms with van der Waals surface area (Å²) in [5, 5.41) is 4.40. The van der Waals surface area contributed by atoms with Gasteiger partial charge in [-0.3, -0.25) is 9.69 Å². The second-order valence-corrected chi connectivity index (χ2v) is 10.1. The first kappa shape index (κ1) is 25.1. The van der Waals surface area contributed by atoms with Crippen LogP contribution in [0.3, 0.4) is 0 Å². The van der Waals surface area contributed by atoms with Gasteiger partial charge in [-0.25, -0.2) is 8.42 Å². The first-order chi connectivity index (χ1) is 15.9. The molecule has 1 saturated heterocycles. The van der Waals surface area contributed by atoms with Gasteiger partial charge in [0, 0.05) is 31.0 Å². The Balaban J connectivity index is 1.54. The van der Waals surface area contributed by atoms with E-state index >= 15 is 0 Å². The summed E-state index contributed by atoms with van der Waals surface area (Å²) in [5.74, 6) is -0.150. The van der Waals surface area contributed by atoms with Crippen molar-refractivity contribution in [2.24, 2.45) is 5.92 Å². The van der Waals surface area contributed by atoms with Gasteiger partial charge >= 0.3 is 0 Å². The number of likely N-dealkylation sites (N-methyl/N-ethyl adjacent to an activating group) is 1. The van der Waals surface area contributed by atoms with Crippen LogP contribution in [0.4, 0.5) is 0 Å². The number of nitrogens with zero attached hydrogens (tertiary/aromatic N) is 2. The topological polar surface area (TPSA) is 69.7 Å². The molecule has 0 spiro atoms. The van der Waals surface area contributed by atoms with Gasteiger partial charge in [0.15, 0.2) is 0 Å². The van der Waals surface area contributed by atoms with Crippen LogP contribution in [-0.4, -0.2) is 56.3 Å². The molecule has 0 unspecified atom stereocenters. The third-order valence-corrected chi connectivity index (χ3v) is 7.89. The molecule has 1 aliphatic rings. The van der Waals surface area contributed by atoms with Crippen molar-refractivity contribution in [1.82, 2.24) is 14.5 Å². The maximum Gasteiger partial charge on any atom is 0.236 e. The highest BCUT2D eigenvalue weighted by atomic mass is 32.2. The fourth-order valence-electron chi connectivity index (χ4n) is 4.33. The molecule has 0 aromatic heterocycles. The quantitative estimate of drug-likeness (QED) is 0.573. The fourth-order valence-corrected chi connectivity index (χ4v) is 5.55. The normalized spacial score (nSPS) is 16.8. The van der Waals surface area contributed by atoms with Crippen LogP contribution < -0.4 is 5.32 Å². The largest absolute Gasteiger partial charge is 0.354 e. The average molecular weight is 470 g/mol. The first-order valence-corrected chi connectivity index (χ1v) is 13.2. The molecule has 1 fully saturated rings. The Labute approximate surface area is 198 Å². The number of rotatable bonds is 10. The predicted octanol–water partition coefficient (Wildman–Crippen LogP) is 3.90. The van der Waals surface area contributed by atoms with Gasteiger partial charge in [-0.1, -0.05) is 74.5 Å². The lowest BCUT2D eigenvalue weighted by Gasteiger charge is -2.32. The van der Waals surface area contributed by atoms with Gasteiger partial charge in [0.2, 0.25) is 15.9 Å². The second kappa shape index (κ2) is 12.1. The molecule has 1 atom stereocenters. The molecule has 1 N–H and O–H groups in total. The van der Waals surface area contributed by atoms with Crippen molar-refractivity contribution in [3.05, 3.63) is 77.2 Å². The molecular weight excluding hydrogens is 434 g/mol. The van der Waals surface area contributed by atoms with Crippen LogP contribution in [0.1, 0.15) is 43.9 Å². The van der Waals surface area contributed by atoms with Gasteiger partial charge in [0.1, 0.15) is 0 Å². The smallest absolute Gasteiger partial charge is 0.236 e. The van der Waals surface area contributed by atoms with Crippen molar-refractivity contribution in [1.29, 1.82) is 0 Å². The third-order valence-electron chi connectivity index (χ3n) is 6.32. The molecule has 0 aliphatic carbocycles. The van der Waals surface area contributed by atoms with Crippen LogP contribution in [0.25, 0.3) is 6.08 Å². The number of nitrogens with one attached hydrogen (secondary N) is 1. The SMILES string of the molecule is CCN(CC)[C@@H](CNC(=O)C1CCN(S(=O)(=O)/C=C\c2ccccc2)CC1)c1ccccc1. The molecule has 3 rings (SSSR count). The van der Waals surface area contributed by atoms with Gasteiger partial charge in [-0.15, -0.1) is 0 Å². The van der Waals surface area contributed by atoms with Gasteiger partial charge in [-0.05, 0) is 43.1 Å². The van der Waals surface area contributed by atoms with Crippen LogP contribution in [0.15, 0.2) is 66.1 Å². The standard InChI is InChI=1S/C26H35N3O3S/c1-3-28(4-2)25(23-13-9-6-10-14-23)21-27-26(30)24-15-18-29(19-16-24)33(31,32)20-17-22-11-7-5-8-12-22/h5-14,17,20,24-25H,3-4,15-16,18-19,21H2,1-2H3,(H,27,30)/b20-17-/t25-/m0/s1.